The zero-order valence-electron chi connectivity index (χ0n) is 21.4. The molecule has 0 aromatic heterocycles. The molecule has 0 bridgehead atoms. The van der Waals surface area contributed by atoms with Crippen LogP contribution in [0.25, 0.3) is 11.1 Å². The second kappa shape index (κ2) is 10.1. The first-order valence-corrected chi connectivity index (χ1v) is 12.1. The van der Waals surface area contributed by atoms with Crippen LogP contribution in [-0.2, 0) is 14.3 Å². The molecule has 2 aromatic rings. The van der Waals surface area contributed by atoms with Gasteiger partial charge in [-0.25, -0.2) is 4.79 Å². The van der Waals surface area contributed by atoms with Gasteiger partial charge in [0.25, 0.3) is 0 Å². The average Bonchev–Trinajstić information content (AvgIpc) is 3.13. The van der Waals surface area contributed by atoms with E-state index in [0.717, 1.165) is 22.3 Å². The first-order valence-electron chi connectivity index (χ1n) is 12.1. The van der Waals surface area contributed by atoms with Crippen molar-refractivity contribution in [1.29, 1.82) is 0 Å². The van der Waals surface area contributed by atoms with Crippen molar-refractivity contribution in [3.05, 3.63) is 59.7 Å². The lowest BCUT2D eigenvalue weighted by atomic mass is 9.73. The normalized spacial score (nSPS) is 14.0. The van der Waals surface area contributed by atoms with Crippen molar-refractivity contribution in [2.45, 2.75) is 53.0 Å². The number of benzene rings is 2. The highest BCUT2D eigenvalue weighted by Gasteiger charge is 2.46. The lowest BCUT2D eigenvalue weighted by Gasteiger charge is -2.43. The van der Waals surface area contributed by atoms with E-state index in [2.05, 4.69) is 29.6 Å². The molecule has 1 unspecified atom stereocenters. The van der Waals surface area contributed by atoms with Crippen LogP contribution in [0.1, 0.15) is 58.6 Å². The van der Waals surface area contributed by atoms with E-state index in [1.165, 1.54) is 4.90 Å². The number of rotatable bonds is 9. The van der Waals surface area contributed by atoms with Gasteiger partial charge in [-0.3, -0.25) is 9.59 Å². The average molecular weight is 481 g/mol. The van der Waals surface area contributed by atoms with Crippen molar-refractivity contribution in [3.63, 3.8) is 0 Å². The van der Waals surface area contributed by atoms with Crippen LogP contribution < -0.4 is 5.32 Å². The zero-order valence-corrected chi connectivity index (χ0v) is 21.4. The number of nitrogens with one attached hydrogen (secondary N) is 1. The Balaban J connectivity index is 1.69. The number of carboxylic acids is 1. The summed E-state index contributed by atoms with van der Waals surface area (Å²) >= 11 is 0. The van der Waals surface area contributed by atoms with Gasteiger partial charge in [0.1, 0.15) is 6.61 Å². The number of ether oxygens (including phenoxy) is 1. The predicted octanol–water partition coefficient (Wildman–Crippen LogP) is 4.90. The second-order valence-corrected chi connectivity index (χ2v) is 10.3. The van der Waals surface area contributed by atoms with Crippen LogP contribution in [0.2, 0.25) is 0 Å². The summed E-state index contributed by atoms with van der Waals surface area (Å²) in [4.78, 5) is 39.1. The maximum Gasteiger partial charge on any atom is 0.407 e. The lowest BCUT2D eigenvalue weighted by molar-refractivity contribution is -0.147. The molecule has 7 nitrogen and oxygen atoms in total. The number of hydrogen-bond donors (Lipinski definition) is 2. The molecule has 0 saturated carbocycles. The number of carbonyl (C=O) groups is 3. The first-order chi connectivity index (χ1) is 16.4. The third-order valence-electron chi connectivity index (χ3n) is 7.44. The summed E-state index contributed by atoms with van der Waals surface area (Å²) in [6, 6.07) is 16.3. The summed E-state index contributed by atoms with van der Waals surface area (Å²) in [6.45, 7) is 11.1. The molecule has 0 saturated heterocycles. The molecule has 1 atom stereocenters. The standard InChI is InChI=1S/C28H36N2O5/c1-7-30(16-18(2)24(31)32)25(33)27(3,4)28(5,6)29-26(34)35-17-23-21-14-10-8-12-19(21)20-13-9-11-15-22(20)23/h8-15,18,23H,7,16-17H2,1-6H3,(H,29,34)(H,31,32). The van der Waals surface area contributed by atoms with Gasteiger partial charge in [-0.1, -0.05) is 55.5 Å². The predicted molar refractivity (Wildman–Crippen MR) is 135 cm³/mol. The van der Waals surface area contributed by atoms with Gasteiger partial charge in [-0.05, 0) is 56.9 Å². The van der Waals surface area contributed by atoms with Crippen molar-refractivity contribution in [1.82, 2.24) is 10.2 Å². The van der Waals surface area contributed by atoms with Crippen LogP contribution in [0.5, 0.6) is 0 Å². The summed E-state index contributed by atoms with van der Waals surface area (Å²) in [6.07, 6.45) is -0.598. The van der Waals surface area contributed by atoms with E-state index in [1.807, 2.05) is 31.2 Å². The van der Waals surface area contributed by atoms with Crippen LogP contribution in [-0.4, -0.2) is 53.2 Å². The van der Waals surface area contributed by atoms with Gasteiger partial charge in [0.2, 0.25) is 5.91 Å². The van der Waals surface area contributed by atoms with Gasteiger partial charge in [-0.2, -0.15) is 0 Å². The Morgan fingerprint density at radius 3 is 2.00 bits per heavy atom. The van der Waals surface area contributed by atoms with E-state index in [1.54, 1.807) is 34.6 Å². The minimum Gasteiger partial charge on any atom is -0.481 e. The molecule has 1 aliphatic carbocycles. The molecule has 0 spiro atoms. The van der Waals surface area contributed by atoms with Crippen LogP contribution in [0.15, 0.2) is 48.5 Å². The number of alkyl carbamates (subject to hydrolysis) is 1. The number of fused-ring (bicyclic) bond motifs is 3. The number of aliphatic carboxylic acids is 1. The molecule has 3 rings (SSSR count). The van der Waals surface area contributed by atoms with Crippen LogP contribution in [0.3, 0.4) is 0 Å². The van der Waals surface area contributed by atoms with Crippen molar-refractivity contribution in [3.8, 4) is 11.1 Å². The zero-order chi connectivity index (χ0) is 26.0. The highest BCUT2D eigenvalue weighted by Crippen LogP contribution is 2.44. The van der Waals surface area contributed by atoms with Crippen molar-refractivity contribution in [2.24, 2.45) is 11.3 Å². The smallest absolute Gasteiger partial charge is 0.407 e. The molecular weight excluding hydrogens is 444 g/mol. The number of hydrogen-bond acceptors (Lipinski definition) is 4. The fourth-order valence-electron chi connectivity index (χ4n) is 4.47. The third kappa shape index (κ3) is 5.19. The molecule has 0 fully saturated rings. The summed E-state index contributed by atoms with van der Waals surface area (Å²) in [5, 5.41) is 12.1. The lowest BCUT2D eigenvalue weighted by Crippen LogP contribution is -2.60. The molecule has 2 N–H and O–H groups in total. The van der Waals surface area contributed by atoms with Crippen molar-refractivity contribution >= 4 is 18.0 Å². The highest BCUT2D eigenvalue weighted by atomic mass is 16.5. The Bertz CT molecular complexity index is 1060. The molecule has 35 heavy (non-hydrogen) atoms. The van der Waals surface area contributed by atoms with Gasteiger partial charge in [0.05, 0.1) is 16.9 Å². The van der Waals surface area contributed by atoms with E-state index >= 15 is 0 Å². The van der Waals surface area contributed by atoms with Crippen molar-refractivity contribution in [2.75, 3.05) is 19.7 Å². The molecule has 1 aliphatic rings. The molecule has 188 valence electrons. The highest BCUT2D eigenvalue weighted by molar-refractivity contribution is 5.85. The van der Waals surface area contributed by atoms with Crippen LogP contribution in [0, 0.1) is 11.3 Å². The summed E-state index contributed by atoms with van der Waals surface area (Å²) in [5.41, 5.74) is 2.60. The van der Waals surface area contributed by atoms with Crippen LogP contribution in [0.4, 0.5) is 4.79 Å². The maximum atomic E-state index is 13.4. The van der Waals surface area contributed by atoms with Gasteiger partial charge >= 0.3 is 12.1 Å². The molecule has 0 aliphatic heterocycles. The summed E-state index contributed by atoms with van der Waals surface area (Å²) < 4.78 is 5.68. The van der Waals surface area contributed by atoms with Crippen molar-refractivity contribution < 1.29 is 24.2 Å². The maximum absolute atomic E-state index is 13.4. The van der Waals surface area contributed by atoms with E-state index in [-0.39, 0.29) is 25.0 Å². The Labute approximate surface area is 207 Å². The molecule has 0 radical (unpaired) electrons. The number of amides is 2. The molecule has 2 aromatic carbocycles. The minimum absolute atomic E-state index is 0.0565. The van der Waals surface area contributed by atoms with E-state index in [9.17, 15) is 19.5 Å². The Hall–Kier alpha value is -3.35. The Morgan fingerprint density at radius 1 is 1.00 bits per heavy atom. The van der Waals surface area contributed by atoms with Gasteiger partial charge in [0.15, 0.2) is 0 Å². The topological polar surface area (TPSA) is 95.9 Å². The fraction of sp³-hybridized carbons (Fsp3) is 0.464. The third-order valence-corrected chi connectivity index (χ3v) is 7.44. The summed E-state index contributed by atoms with van der Waals surface area (Å²) in [5.74, 6) is -1.92. The van der Waals surface area contributed by atoms with Gasteiger partial charge in [0, 0.05) is 19.0 Å². The monoisotopic (exact) mass is 480 g/mol. The number of carboxylic acid groups (broad SMARTS) is 1. The summed E-state index contributed by atoms with van der Waals surface area (Å²) in [7, 11) is 0. The van der Waals surface area contributed by atoms with Crippen LogP contribution >= 0.6 is 0 Å². The van der Waals surface area contributed by atoms with E-state index < -0.39 is 28.9 Å². The number of nitrogens with zero attached hydrogens (tertiary/aromatic N) is 1. The molecule has 2 amide bonds. The molecule has 7 heteroatoms. The minimum atomic E-state index is -1.01. The first kappa shape index (κ1) is 26.3. The quantitative estimate of drug-likeness (QED) is 0.532. The van der Waals surface area contributed by atoms with E-state index in [0.29, 0.717) is 6.54 Å². The number of carbonyl (C=O) groups excluding carboxylic acids is 2. The Kier molecular flexibility index (Phi) is 7.58. The van der Waals surface area contributed by atoms with Gasteiger partial charge < -0.3 is 20.1 Å². The SMILES string of the molecule is CCN(CC(C)C(=O)O)C(=O)C(C)(C)C(C)(C)NC(=O)OCC1c2ccccc2-c2ccccc21. The molecular formula is C28H36N2O5. The fourth-order valence-corrected chi connectivity index (χ4v) is 4.47. The largest absolute Gasteiger partial charge is 0.481 e. The van der Waals surface area contributed by atoms with Gasteiger partial charge in [-0.15, -0.1) is 0 Å². The Morgan fingerprint density at radius 2 is 1.51 bits per heavy atom. The second-order valence-electron chi connectivity index (χ2n) is 10.3. The van der Waals surface area contributed by atoms with E-state index in [4.69, 9.17) is 4.74 Å². The molecule has 0 heterocycles.